The predicted molar refractivity (Wildman–Crippen MR) is 114 cm³/mol. The van der Waals surface area contributed by atoms with Crippen molar-refractivity contribution in [3.63, 3.8) is 0 Å². The maximum atomic E-state index is 13.2. The van der Waals surface area contributed by atoms with Crippen LogP contribution >= 0.6 is 11.3 Å². The molecule has 8 heteroatoms. The van der Waals surface area contributed by atoms with E-state index in [-0.39, 0.29) is 18.0 Å². The van der Waals surface area contributed by atoms with Crippen LogP contribution in [0.15, 0.2) is 16.8 Å². The van der Waals surface area contributed by atoms with Gasteiger partial charge in [-0.25, -0.2) is 4.79 Å². The summed E-state index contributed by atoms with van der Waals surface area (Å²) in [6.07, 6.45) is 5.51. The van der Waals surface area contributed by atoms with Gasteiger partial charge in [-0.05, 0) is 55.4 Å². The fourth-order valence-corrected chi connectivity index (χ4v) is 6.48. The molecule has 1 aromatic heterocycles. The van der Waals surface area contributed by atoms with Crippen LogP contribution in [-0.2, 0) is 4.79 Å². The molecule has 1 aromatic rings. The van der Waals surface area contributed by atoms with Gasteiger partial charge in [0.1, 0.15) is 0 Å². The Morgan fingerprint density at radius 2 is 1.90 bits per heavy atom. The summed E-state index contributed by atoms with van der Waals surface area (Å²) in [6, 6.07) is 2.44. The molecule has 0 unspecified atom stereocenters. The SMILES string of the molecule is O=C(NC1CCN(C(=O)N2C[C@H]3C[C@H](C2)[C@H]2CCCC(=O)N2C3)CC1)c1ccsc1. The molecule has 4 aliphatic rings. The van der Waals surface area contributed by atoms with E-state index in [9.17, 15) is 14.4 Å². The van der Waals surface area contributed by atoms with Crippen molar-refractivity contribution in [1.82, 2.24) is 20.0 Å². The number of piperidine rings is 4. The molecule has 5 rings (SSSR count). The minimum Gasteiger partial charge on any atom is -0.349 e. The first-order valence-corrected chi connectivity index (χ1v) is 12.2. The molecule has 0 spiro atoms. The van der Waals surface area contributed by atoms with E-state index in [4.69, 9.17) is 0 Å². The summed E-state index contributed by atoms with van der Waals surface area (Å²) in [5, 5.41) is 6.88. The number of nitrogens with one attached hydrogen (secondary N) is 1. The monoisotopic (exact) mass is 430 g/mol. The fraction of sp³-hybridized carbons (Fsp3) is 0.682. The van der Waals surface area contributed by atoms with Crippen molar-refractivity contribution in [2.24, 2.45) is 11.8 Å². The molecule has 162 valence electrons. The second-order valence-electron chi connectivity index (χ2n) is 9.30. The summed E-state index contributed by atoms with van der Waals surface area (Å²) in [5.41, 5.74) is 0.716. The van der Waals surface area contributed by atoms with E-state index >= 15 is 0 Å². The van der Waals surface area contributed by atoms with Crippen LogP contribution in [0.4, 0.5) is 4.79 Å². The number of carbonyl (C=O) groups excluding carboxylic acids is 3. The first-order valence-electron chi connectivity index (χ1n) is 11.2. The van der Waals surface area contributed by atoms with Gasteiger partial charge in [0.05, 0.1) is 0 Å². The molecule has 5 heterocycles. The second kappa shape index (κ2) is 8.21. The quantitative estimate of drug-likeness (QED) is 0.783. The molecule has 30 heavy (non-hydrogen) atoms. The Bertz CT molecular complexity index is 805. The van der Waals surface area contributed by atoms with Crippen molar-refractivity contribution < 1.29 is 14.4 Å². The molecule has 0 radical (unpaired) electrons. The normalized spacial score (nSPS) is 29.5. The van der Waals surface area contributed by atoms with Crippen LogP contribution in [-0.4, -0.2) is 77.4 Å². The van der Waals surface area contributed by atoms with Gasteiger partial charge in [0.2, 0.25) is 5.91 Å². The van der Waals surface area contributed by atoms with Crippen LogP contribution in [0, 0.1) is 11.8 Å². The zero-order valence-electron chi connectivity index (χ0n) is 17.3. The van der Waals surface area contributed by atoms with Gasteiger partial charge in [-0.1, -0.05) is 0 Å². The molecular weight excluding hydrogens is 400 g/mol. The van der Waals surface area contributed by atoms with Gasteiger partial charge in [-0.15, -0.1) is 0 Å². The average Bonchev–Trinajstić information content (AvgIpc) is 3.30. The van der Waals surface area contributed by atoms with E-state index in [1.165, 1.54) is 11.3 Å². The largest absolute Gasteiger partial charge is 0.349 e. The third-order valence-electron chi connectivity index (χ3n) is 7.33. The molecule has 4 amide bonds. The Kier molecular flexibility index (Phi) is 5.43. The van der Waals surface area contributed by atoms with E-state index < -0.39 is 0 Å². The molecule has 2 bridgehead atoms. The van der Waals surface area contributed by atoms with Gasteiger partial charge >= 0.3 is 6.03 Å². The highest BCUT2D eigenvalue weighted by Crippen LogP contribution is 2.38. The molecule has 7 nitrogen and oxygen atoms in total. The highest BCUT2D eigenvalue weighted by Gasteiger charge is 2.45. The Morgan fingerprint density at radius 1 is 1.07 bits per heavy atom. The number of nitrogens with zero attached hydrogens (tertiary/aromatic N) is 3. The fourth-order valence-electron chi connectivity index (χ4n) is 5.84. The van der Waals surface area contributed by atoms with Gasteiger partial charge in [0.25, 0.3) is 5.91 Å². The van der Waals surface area contributed by atoms with Crippen LogP contribution in [0.2, 0.25) is 0 Å². The summed E-state index contributed by atoms with van der Waals surface area (Å²) in [4.78, 5) is 43.9. The first-order chi connectivity index (χ1) is 14.6. The summed E-state index contributed by atoms with van der Waals surface area (Å²) in [6.45, 7) is 3.74. The summed E-state index contributed by atoms with van der Waals surface area (Å²) in [5.74, 6) is 1.13. The summed E-state index contributed by atoms with van der Waals surface area (Å²) < 4.78 is 0. The third-order valence-corrected chi connectivity index (χ3v) is 8.02. The van der Waals surface area contributed by atoms with E-state index in [0.29, 0.717) is 48.9 Å². The van der Waals surface area contributed by atoms with Crippen LogP contribution in [0.5, 0.6) is 0 Å². The van der Waals surface area contributed by atoms with E-state index in [2.05, 4.69) is 10.2 Å². The maximum Gasteiger partial charge on any atom is 0.320 e. The Morgan fingerprint density at radius 3 is 2.67 bits per heavy atom. The number of likely N-dealkylation sites (tertiary alicyclic amines) is 2. The zero-order valence-corrected chi connectivity index (χ0v) is 18.1. The zero-order chi connectivity index (χ0) is 20.7. The van der Waals surface area contributed by atoms with E-state index in [1.54, 1.807) is 0 Å². The maximum absolute atomic E-state index is 13.2. The number of fused-ring (bicyclic) bond motifs is 4. The molecule has 0 aliphatic carbocycles. The number of urea groups is 1. The molecule has 4 saturated heterocycles. The smallest absolute Gasteiger partial charge is 0.320 e. The standard InChI is InChI=1S/C22H30N4O3S/c27-20-3-1-2-19-17-10-15(12-26(19)20)11-25(13-17)22(29)24-7-4-18(5-8-24)23-21(28)16-6-9-30-14-16/h6,9,14-15,17-19H,1-5,7-8,10-13H2,(H,23,28)/t15-,17-,19-/m1/s1. The number of hydrogen-bond donors (Lipinski definition) is 1. The highest BCUT2D eigenvalue weighted by atomic mass is 32.1. The van der Waals surface area contributed by atoms with Crippen molar-refractivity contribution in [3.8, 4) is 0 Å². The number of thiophene rings is 1. The second-order valence-corrected chi connectivity index (χ2v) is 10.1. The van der Waals surface area contributed by atoms with Gasteiger partial charge in [0, 0.05) is 62.2 Å². The Balaban J connectivity index is 1.15. The molecule has 0 saturated carbocycles. The third kappa shape index (κ3) is 3.82. The molecule has 4 fully saturated rings. The van der Waals surface area contributed by atoms with Gasteiger partial charge in [0.15, 0.2) is 0 Å². The van der Waals surface area contributed by atoms with Crippen LogP contribution in [0.1, 0.15) is 48.9 Å². The van der Waals surface area contributed by atoms with Crippen molar-refractivity contribution in [2.45, 2.75) is 50.6 Å². The Hall–Kier alpha value is -2.09. The van der Waals surface area contributed by atoms with Gasteiger partial charge in [-0.3, -0.25) is 9.59 Å². The van der Waals surface area contributed by atoms with Crippen LogP contribution < -0.4 is 5.32 Å². The van der Waals surface area contributed by atoms with Gasteiger partial charge < -0.3 is 20.0 Å². The Labute approximate surface area is 181 Å². The lowest BCUT2D eigenvalue weighted by molar-refractivity contribution is -0.144. The average molecular weight is 431 g/mol. The van der Waals surface area contributed by atoms with Crippen LogP contribution in [0.3, 0.4) is 0 Å². The molecule has 3 atom stereocenters. The number of hydrogen-bond acceptors (Lipinski definition) is 4. The van der Waals surface area contributed by atoms with Crippen molar-refractivity contribution in [2.75, 3.05) is 32.7 Å². The molecule has 0 aromatic carbocycles. The van der Waals surface area contributed by atoms with Crippen molar-refractivity contribution in [1.29, 1.82) is 0 Å². The number of rotatable bonds is 2. The molecule has 1 N–H and O–H groups in total. The minimum atomic E-state index is -0.0172. The van der Waals surface area contributed by atoms with Crippen molar-refractivity contribution >= 4 is 29.2 Å². The summed E-state index contributed by atoms with van der Waals surface area (Å²) in [7, 11) is 0. The lowest BCUT2D eigenvalue weighted by Gasteiger charge is -2.53. The predicted octanol–water partition coefficient (Wildman–Crippen LogP) is 2.40. The molecule has 4 aliphatic heterocycles. The number of carbonyl (C=O) groups is 3. The first kappa shape index (κ1) is 19.8. The van der Waals surface area contributed by atoms with E-state index in [0.717, 1.165) is 51.7 Å². The lowest BCUT2D eigenvalue weighted by atomic mass is 9.76. The summed E-state index contributed by atoms with van der Waals surface area (Å²) >= 11 is 1.52. The van der Waals surface area contributed by atoms with E-state index in [1.807, 2.05) is 26.6 Å². The van der Waals surface area contributed by atoms with Crippen LogP contribution in [0.25, 0.3) is 0 Å². The lowest BCUT2D eigenvalue weighted by Crippen LogP contribution is -2.62. The number of amides is 4. The highest BCUT2D eigenvalue weighted by molar-refractivity contribution is 7.08. The molecular formula is C22H30N4O3S. The van der Waals surface area contributed by atoms with Gasteiger partial charge in [-0.2, -0.15) is 11.3 Å². The minimum absolute atomic E-state index is 0.0172. The van der Waals surface area contributed by atoms with Crippen molar-refractivity contribution in [3.05, 3.63) is 22.4 Å². The topological polar surface area (TPSA) is 73.0 Å².